The van der Waals surface area contributed by atoms with E-state index in [4.69, 9.17) is 5.73 Å². The van der Waals surface area contributed by atoms with Gasteiger partial charge in [-0.25, -0.2) is 0 Å². The lowest BCUT2D eigenvalue weighted by Crippen LogP contribution is -2.17. The lowest BCUT2D eigenvalue weighted by Gasteiger charge is -2.16. The quantitative estimate of drug-likeness (QED) is 0.894. The molecule has 1 unspecified atom stereocenters. The molecule has 2 aromatic rings. The van der Waals surface area contributed by atoms with Crippen LogP contribution in [0.3, 0.4) is 0 Å². The third-order valence-corrected chi connectivity index (χ3v) is 3.47. The van der Waals surface area contributed by atoms with Crippen molar-refractivity contribution in [3.05, 3.63) is 64.5 Å². The molecule has 0 aliphatic rings. The molecule has 0 aliphatic carbocycles. The van der Waals surface area contributed by atoms with Crippen LogP contribution in [0.4, 0.5) is 0 Å². The summed E-state index contributed by atoms with van der Waals surface area (Å²) in [6.07, 6.45) is 2.66. The number of hydrogen-bond acceptors (Lipinski definition) is 2. The summed E-state index contributed by atoms with van der Waals surface area (Å²) >= 11 is 0. The van der Waals surface area contributed by atoms with Crippen LogP contribution in [0.5, 0.6) is 0 Å². The number of hydrogen-bond donors (Lipinski definition) is 1. The van der Waals surface area contributed by atoms with Crippen LogP contribution in [0.25, 0.3) is 0 Å². The Morgan fingerprint density at radius 1 is 1.00 bits per heavy atom. The van der Waals surface area contributed by atoms with Crippen LogP contribution in [0.2, 0.25) is 0 Å². The molecule has 1 heterocycles. The number of nitrogens with two attached hydrogens (primary N) is 1. The summed E-state index contributed by atoms with van der Waals surface area (Å²) in [7, 11) is 0. The summed E-state index contributed by atoms with van der Waals surface area (Å²) in [5, 5.41) is 0. The lowest BCUT2D eigenvalue weighted by atomic mass is 9.94. The Hall–Kier alpha value is -1.67. The van der Waals surface area contributed by atoms with Gasteiger partial charge in [-0.1, -0.05) is 24.3 Å². The van der Waals surface area contributed by atoms with Crippen molar-refractivity contribution in [3.63, 3.8) is 0 Å². The molecule has 0 bridgehead atoms. The van der Waals surface area contributed by atoms with Gasteiger partial charge in [0.25, 0.3) is 0 Å². The fourth-order valence-electron chi connectivity index (χ4n) is 2.37. The maximum Gasteiger partial charge on any atom is 0.0603 e. The molecule has 2 rings (SSSR count). The van der Waals surface area contributed by atoms with Crippen LogP contribution in [0.15, 0.2) is 36.5 Å². The van der Waals surface area contributed by atoms with Crippen LogP contribution in [-0.2, 0) is 6.42 Å². The molecular weight excluding hydrogens is 220 g/mol. The van der Waals surface area contributed by atoms with E-state index in [1.165, 1.54) is 16.7 Å². The first-order chi connectivity index (χ1) is 8.59. The predicted octanol–water partition coefficient (Wildman–Crippen LogP) is 3.25. The third kappa shape index (κ3) is 2.59. The summed E-state index contributed by atoms with van der Waals surface area (Å²) in [4.78, 5) is 4.41. The van der Waals surface area contributed by atoms with E-state index in [1.54, 1.807) is 0 Å². The minimum atomic E-state index is -0.0361. The first-order valence-corrected chi connectivity index (χ1v) is 6.31. The molecule has 0 aliphatic heterocycles. The molecule has 0 saturated carbocycles. The Morgan fingerprint density at radius 2 is 1.61 bits per heavy atom. The summed E-state index contributed by atoms with van der Waals surface area (Å²) in [6, 6.07) is 10.3. The van der Waals surface area contributed by atoms with Crippen molar-refractivity contribution in [3.8, 4) is 0 Å². The van der Waals surface area contributed by atoms with Gasteiger partial charge in [-0.15, -0.1) is 0 Å². The summed E-state index contributed by atoms with van der Waals surface area (Å²) < 4.78 is 0. The van der Waals surface area contributed by atoms with Crippen molar-refractivity contribution in [2.75, 3.05) is 0 Å². The minimum Gasteiger partial charge on any atom is -0.322 e. The molecule has 94 valence electrons. The standard InChI is InChI=1S/C16H20N2/c1-11-6-4-7-12(2)14(11)10-15(17)16-13(3)8-5-9-18-16/h4-9,15H,10,17H2,1-3H3. The van der Waals surface area contributed by atoms with Crippen molar-refractivity contribution in [1.82, 2.24) is 4.98 Å². The van der Waals surface area contributed by atoms with Gasteiger partial charge < -0.3 is 5.73 Å². The molecule has 2 nitrogen and oxygen atoms in total. The SMILES string of the molecule is Cc1cccnc1C(N)Cc1c(C)cccc1C. The maximum atomic E-state index is 6.30. The minimum absolute atomic E-state index is 0.0361. The molecule has 1 atom stereocenters. The van der Waals surface area contributed by atoms with Crippen LogP contribution < -0.4 is 5.73 Å². The average molecular weight is 240 g/mol. The largest absolute Gasteiger partial charge is 0.322 e. The van der Waals surface area contributed by atoms with Crippen LogP contribution >= 0.6 is 0 Å². The normalized spacial score (nSPS) is 12.4. The van der Waals surface area contributed by atoms with Gasteiger partial charge in [-0.3, -0.25) is 4.98 Å². The highest BCUT2D eigenvalue weighted by Crippen LogP contribution is 2.21. The zero-order valence-electron chi connectivity index (χ0n) is 11.3. The molecule has 0 amide bonds. The molecule has 0 radical (unpaired) electrons. The van der Waals surface area contributed by atoms with E-state index < -0.39 is 0 Å². The molecule has 0 fully saturated rings. The highest BCUT2D eigenvalue weighted by atomic mass is 14.8. The van der Waals surface area contributed by atoms with Gasteiger partial charge in [0.05, 0.1) is 11.7 Å². The van der Waals surface area contributed by atoms with Gasteiger partial charge in [0.1, 0.15) is 0 Å². The van der Waals surface area contributed by atoms with Crippen molar-refractivity contribution >= 4 is 0 Å². The zero-order valence-corrected chi connectivity index (χ0v) is 11.3. The van der Waals surface area contributed by atoms with Gasteiger partial charge in [0.15, 0.2) is 0 Å². The Bertz CT molecular complexity index is 526. The van der Waals surface area contributed by atoms with E-state index in [9.17, 15) is 0 Å². The van der Waals surface area contributed by atoms with Gasteiger partial charge in [0, 0.05) is 6.20 Å². The van der Waals surface area contributed by atoms with Gasteiger partial charge in [-0.2, -0.15) is 0 Å². The fraction of sp³-hybridized carbons (Fsp3) is 0.312. The number of benzene rings is 1. The molecule has 2 heteroatoms. The first-order valence-electron chi connectivity index (χ1n) is 6.31. The topological polar surface area (TPSA) is 38.9 Å². The summed E-state index contributed by atoms with van der Waals surface area (Å²) in [5.74, 6) is 0. The van der Waals surface area contributed by atoms with Crippen molar-refractivity contribution in [1.29, 1.82) is 0 Å². The second-order valence-electron chi connectivity index (χ2n) is 4.89. The highest BCUT2D eigenvalue weighted by Gasteiger charge is 2.13. The zero-order chi connectivity index (χ0) is 13.1. The number of aromatic nitrogens is 1. The summed E-state index contributed by atoms with van der Waals surface area (Å²) in [6.45, 7) is 6.34. The monoisotopic (exact) mass is 240 g/mol. The van der Waals surface area contributed by atoms with E-state index >= 15 is 0 Å². The third-order valence-electron chi connectivity index (χ3n) is 3.47. The Morgan fingerprint density at radius 3 is 2.22 bits per heavy atom. The molecule has 2 N–H and O–H groups in total. The molecule has 0 saturated heterocycles. The van der Waals surface area contributed by atoms with Gasteiger partial charge in [-0.05, 0) is 55.5 Å². The molecule has 1 aromatic carbocycles. The molecule has 0 spiro atoms. The van der Waals surface area contributed by atoms with Gasteiger partial charge in [0.2, 0.25) is 0 Å². The van der Waals surface area contributed by atoms with Crippen LogP contribution in [0, 0.1) is 20.8 Å². The predicted molar refractivity (Wildman–Crippen MR) is 75.5 cm³/mol. The van der Waals surface area contributed by atoms with Crippen LogP contribution in [-0.4, -0.2) is 4.98 Å². The lowest BCUT2D eigenvalue weighted by molar-refractivity contribution is 0.685. The summed E-state index contributed by atoms with van der Waals surface area (Å²) in [5.41, 5.74) is 12.4. The van der Waals surface area contributed by atoms with Crippen LogP contribution in [0.1, 0.15) is 34.0 Å². The average Bonchev–Trinajstić information content (AvgIpc) is 2.34. The first kappa shape index (κ1) is 12.8. The van der Waals surface area contributed by atoms with Gasteiger partial charge >= 0.3 is 0 Å². The Kier molecular flexibility index (Phi) is 3.78. The highest BCUT2D eigenvalue weighted by molar-refractivity contribution is 5.35. The number of nitrogens with zero attached hydrogens (tertiary/aromatic N) is 1. The Labute approximate surface area is 109 Å². The molecule has 18 heavy (non-hydrogen) atoms. The molecular formula is C16H20N2. The van der Waals surface area contributed by atoms with E-state index in [0.717, 1.165) is 17.7 Å². The van der Waals surface area contributed by atoms with E-state index in [2.05, 4.69) is 50.0 Å². The van der Waals surface area contributed by atoms with Crippen molar-refractivity contribution in [2.24, 2.45) is 5.73 Å². The maximum absolute atomic E-state index is 6.30. The van der Waals surface area contributed by atoms with Crippen molar-refractivity contribution in [2.45, 2.75) is 33.2 Å². The Balaban J connectivity index is 2.27. The molecule has 1 aromatic heterocycles. The number of aryl methyl sites for hydroxylation is 3. The smallest absolute Gasteiger partial charge is 0.0603 e. The second kappa shape index (κ2) is 5.32. The second-order valence-corrected chi connectivity index (χ2v) is 4.89. The van der Waals surface area contributed by atoms with E-state index in [-0.39, 0.29) is 6.04 Å². The van der Waals surface area contributed by atoms with E-state index in [1.807, 2.05) is 12.3 Å². The fourth-order valence-corrected chi connectivity index (χ4v) is 2.37. The van der Waals surface area contributed by atoms with E-state index in [0.29, 0.717) is 0 Å². The number of pyridine rings is 1. The van der Waals surface area contributed by atoms with Crippen molar-refractivity contribution < 1.29 is 0 Å². The number of rotatable bonds is 3.